The number of anilines is 1. The van der Waals surface area contributed by atoms with Crippen LogP contribution in [0.1, 0.15) is 19.2 Å². The van der Waals surface area contributed by atoms with Crippen molar-refractivity contribution in [2.75, 3.05) is 5.43 Å². The summed E-state index contributed by atoms with van der Waals surface area (Å²) in [7, 11) is 0. The maximum atomic E-state index is 13.4. The number of aromatic nitrogens is 2. The molecule has 0 amide bonds. The van der Waals surface area contributed by atoms with E-state index in [-0.39, 0.29) is 10.9 Å². The van der Waals surface area contributed by atoms with Gasteiger partial charge in [-0.05, 0) is 18.6 Å². The zero-order valence-electron chi connectivity index (χ0n) is 10.9. The van der Waals surface area contributed by atoms with Crippen LogP contribution in [0, 0.1) is 5.82 Å². The van der Waals surface area contributed by atoms with Crippen molar-refractivity contribution in [2.24, 2.45) is 5.84 Å². The van der Waals surface area contributed by atoms with E-state index in [0.29, 0.717) is 23.8 Å². The molecule has 3 N–H and O–H groups in total. The number of halogens is 2. The number of hydrogen-bond donors (Lipinski definition) is 2. The van der Waals surface area contributed by atoms with Crippen molar-refractivity contribution in [2.45, 2.75) is 19.8 Å². The van der Waals surface area contributed by atoms with Gasteiger partial charge in [0, 0.05) is 18.6 Å². The Morgan fingerprint density at radius 2 is 2.15 bits per heavy atom. The average molecular weight is 297 g/mol. The number of nitrogens with two attached hydrogens (primary N) is 1. The van der Waals surface area contributed by atoms with Gasteiger partial charge in [-0.15, -0.1) is 0 Å². The first-order chi connectivity index (χ1) is 9.62. The molecule has 0 fully saturated rings. The molecule has 0 bridgehead atoms. The van der Waals surface area contributed by atoms with Crippen molar-refractivity contribution in [3.05, 3.63) is 40.9 Å². The number of benzene rings is 1. The predicted octanol–water partition coefficient (Wildman–Crippen LogP) is 3.30. The van der Waals surface area contributed by atoms with E-state index in [1.165, 1.54) is 18.2 Å². The van der Waals surface area contributed by atoms with Gasteiger partial charge in [0.2, 0.25) is 5.88 Å². The third-order valence-electron chi connectivity index (χ3n) is 2.48. The van der Waals surface area contributed by atoms with Crippen molar-refractivity contribution in [1.29, 1.82) is 0 Å². The monoisotopic (exact) mass is 296 g/mol. The molecular weight excluding hydrogens is 283 g/mol. The number of hydrogen-bond acceptors (Lipinski definition) is 5. The van der Waals surface area contributed by atoms with E-state index in [1.807, 2.05) is 6.92 Å². The van der Waals surface area contributed by atoms with Crippen LogP contribution in [0.15, 0.2) is 24.3 Å². The normalized spacial score (nSPS) is 10.4. The first-order valence-corrected chi connectivity index (χ1v) is 6.47. The van der Waals surface area contributed by atoms with Crippen LogP contribution in [-0.4, -0.2) is 9.97 Å². The number of aryl methyl sites for hydroxylation is 1. The van der Waals surface area contributed by atoms with Gasteiger partial charge < -0.3 is 10.2 Å². The Bertz CT molecular complexity index is 609. The fourth-order valence-electron chi connectivity index (χ4n) is 1.60. The molecule has 0 spiro atoms. The third kappa shape index (κ3) is 3.55. The highest BCUT2D eigenvalue weighted by Crippen LogP contribution is 2.25. The van der Waals surface area contributed by atoms with Crippen LogP contribution in [0.3, 0.4) is 0 Å². The lowest BCUT2D eigenvalue weighted by Gasteiger charge is -2.09. The summed E-state index contributed by atoms with van der Waals surface area (Å²) in [6, 6.07) is 5.70. The molecule has 0 radical (unpaired) electrons. The van der Waals surface area contributed by atoms with Crippen LogP contribution in [0.5, 0.6) is 11.6 Å². The zero-order valence-corrected chi connectivity index (χ0v) is 11.6. The predicted molar refractivity (Wildman–Crippen MR) is 75.3 cm³/mol. The highest BCUT2D eigenvalue weighted by atomic mass is 35.5. The fraction of sp³-hybridized carbons (Fsp3) is 0.231. The fourth-order valence-corrected chi connectivity index (χ4v) is 1.71. The van der Waals surface area contributed by atoms with Gasteiger partial charge >= 0.3 is 0 Å². The lowest BCUT2D eigenvalue weighted by Crippen LogP contribution is -2.10. The van der Waals surface area contributed by atoms with Gasteiger partial charge in [-0.3, -0.25) is 0 Å². The third-order valence-corrected chi connectivity index (χ3v) is 2.79. The second-order valence-electron chi connectivity index (χ2n) is 4.08. The zero-order chi connectivity index (χ0) is 14.5. The Kier molecular flexibility index (Phi) is 4.70. The molecule has 0 aliphatic rings. The molecule has 0 atom stereocenters. The quantitative estimate of drug-likeness (QED) is 0.654. The van der Waals surface area contributed by atoms with Crippen LogP contribution in [0.2, 0.25) is 5.02 Å². The van der Waals surface area contributed by atoms with E-state index in [0.717, 1.165) is 6.42 Å². The van der Waals surface area contributed by atoms with Crippen LogP contribution in [0.25, 0.3) is 0 Å². The van der Waals surface area contributed by atoms with E-state index in [4.69, 9.17) is 22.2 Å². The van der Waals surface area contributed by atoms with Crippen molar-refractivity contribution < 1.29 is 9.13 Å². The molecule has 0 saturated heterocycles. The molecule has 0 aliphatic heterocycles. The summed E-state index contributed by atoms with van der Waals surface area (Å²) in [6.07, 6.45) is 1.59. The van der Waals surface area contributed by atoms with Gasteiger partial charge in [-0.1, -0.05) is 18.5 Å². The molecule has 0 aliphatic carbocycles. The van der Waals surface area contributed by atoms with Gasteiger partial charge in [-0.2, -0.15) is 4.98 Å². The minimum absolute atomic E-state index is 0.0380. The molecule has 1 aromatic carbocycles. The summed E-state index contributed by atoms with van der Waals surface area (Å²) in [5, 5.41) is 0.0380. The summed E-state index contributed by atoms with van der Waals surface area (Å²) in [5.74, 6) is 6.43. The largest absolute Gasteiger partial charge is 0.439 e. The van der Waals surface area contributed by atoms with Crippen LogP contribution >= 0.6 is 11.6 Å². The molecule has 1 aromatic heterocycles. The van der Waals surface area contributed by atoms with E-state index in [9.17, 15) is 4.39 Å². The summed E-state index contributed by atoms with van der Waals surface area (Å²) in [6.45, 7) is 2.01. The molecular formula is C13H14ClFN4O. The molecule has 1 heterocycles. The van der Waals surface area contributed by atoms with E-state index < -0.39 is 5.82 Å². The number of nitrogen functional groups attached to an aromatic ring is 1. The van der Waals surface area contributed by atoms with Gasteiger partial charge in [0.1, 0.15) is 23.2 Å². The summed E-state index contributed by atoms with van der Waals surface area (Å²) < 4.78 is 18.8. The van der Waals surface area contributed by atoms with Crippen molar-refractivity contribution in [3.63, 3.8) is 0 Å². The highest BCUT2D eigenvalue weighted by Gasteiger charge is 2.07. The minimum atomic E-state index is -0.552. The number of nitrogens with zero attached hydrogens (tertiary/aromatic N) is 2. The van der Waals surface area contributed by atoms with E-state index >= 15 is 0 Å². The summed E-state index contributed by atoms with van der Waals surface area (Å²) >= 11 is 5.62. The number of ether oxygens (including phenoxy) is 1. The molecule has 7 heteroatoms. The molecule has 106 valence electrons. The number of rotatable bonds is 5. The first kappa shape index (κ1) is 14.5. The Morgan fingerprint density at radius 3 is 2.80 bits per heavy atom. The molecule has 20 heavy (non-hydrogen) atoms. The van der Waals surface area contributed by atoms with Crippen molar-refractivity contribution in [1.82, 2.24) is 9.97 Å². The maximum absolute atomic E-state index is 13.4. The molecule has 5 nitrogen and oxygen atoms in total. The lowest BCUT2D eigenvalue weighted by atomic mass is 10.3. The number of hydrazine groups is 1. The second kappa shape index (κ2) is 6.49. The van der Waals surface area contributed by atoms with Gasteiger partial charge in [0.05, 0.1) is 5.02 Å². The summed E-state index contributed by atoms with van der Waals surface area (Å²) in [5.41, 5.74) is 2.45. The Labute approximate surface area is 120 Å². The van der Waals surface area contributed by atoms with E-state index in [2.05, 4.69) is 15.4 Å². The lowest BCUT2D eigenvalue weighted by molar-refractivity contribution is 0.454. The van der Waals surface area contributed by atoms with Crippen LogP contribution in [-0.2, 0) is 6.42 Å². The Balaban J connectivity index is 2.27. The SMILES string of the molecule is CCCc1nc(NN)cc(Oc2ccc(Cl)c(F)c2)n1. The van der Waals surface area contributed by atoms with Gasteiger partial charge in [0.25, 0.3) is 0 Å². The first-order valence-electron chi connectivity index (χ1n) is 6.10. The Morgan fingerprint density at radius 1 is 1.35 bits per heavy atom. The van der Waals surface area contributed by atoms with Gasteiger partial charge in [0.15, 0.2) is 0 Å². The topological polar surface area (TPSA) is 73.1 Å². The Hall–Kier alpha value is -1.92. The molecule has 2 rings (SSSR count). The smallest absolute Gasteiger partial charge is 0.224 e. The summed E-state index contributed by atoms with van der Waals surface area (Å²) in [4.78, 5) is 8.43. The molecule has 0 unspecified atom stereocenters. The molecule has 2 aromatic rings. The standard InChI is InChI=1S/C13H14ClFN4O/c1-2-3-11-17-12(19-16)7-13(18-11)20-8-4-5-9(14)10(15)6-8/h4-7H,2-3,16H2,1H3,(H,17,18,19). The second-order valence-corrected chi connectivity index (χ2v) is 4.49. The highest BCUT2D eigenvalue weighted by molar-refractivity contribution is 6.30. The number of nitrogens with one attached hydrogen (secondary N) is 1. The van der Waals surface area contributed by atoms with Crippen LogP contribution < -0.4 is 16.0 Å². The van der Waals surface area contributed by atoms with Crippen molar-refractivity contribution in [3.8, 4) is 11.6 Å². The van der Waals surface area contributed by atoms with Crippen LogP contribution in [0.4, 0.5) is 10.2 Å². The van der Waals surface area contributed by atoms with E-state index in [1.54, 1.807) is 6.07 Å². The van der Waals surface area contributed by atoms with Crippen molar-refractivity contribution >= 4 is 17.4 Å². The molecule has 0 saturated carbocycles. The minimum Gasteiger partial charge on any atom is -0.439 e. The average Bonchev–Trinajstić information content (AvgIpc) is 2.43. The van der Waals surface area contributed by atoms with Gasteiger partial charge in [-0.25, -0.2) is 15.2 Å². The maximum Gasteiger partial charge on any atom is 0.224 e.